The number of pyridine rings is 1. The molecule has 0 spiro atoms. The van der Waals surface area contributed by atoms with Crippen molar-refractivity contribution in [1.29, 1.82) is 0 Å². The maximum Gasteiger partial charge on any atom is 0.338 e. The lowest BCUT2D eigenvalue weighted by Gasteiger charge is -2.24. The van der Waals surface area contributed by atoms with Gasteiger partial charge in [-0.2, -0.15) is 0 Å². The van der Waals surface area contributed by atoms with Crippen LogP contribution in [0.2, 0.25) is 5.15 Å². The number of nitrogens with zero attached hydrogens (tertiary/aromatic N) is 1. The molecule has 4 heteroatoms. The van der Waals surface area contributed by atoms with Crippen molar-refractivity contribution in [3.63, 3.8) is 0 Å². The summed E-state index contributed by atoms with van der Waals surface area (Å²) in [6.45, 7) is 2.48. The predicted molar refractivity (Wildman–Crippen MR) is 70.9 cm³/mol. The molecule has 1 aliphatic rings. The zero-order valence-corrected chi connectivity index (χ0v) is 11.4. The summed E-state index contributed by atoms with van der Waals surface area (Å²) >= 11 is 5.87. The molecular weight excluding hydrogens is 250 g/mol. The number of aromatic nitrogens is 1. The Labute approximate surface area is 113 Å². The highest BCUT2D eigenvalue weighted by Gasteiger charge is 2.18. The lowest BCUT2D eigenvalue weighted by molar-refractivity contribution is 0.0464. The molecule has 0 bridgehead atoms. The van der Waals surface area contributed by atoms with Crippen LogP contribution in [0.4, 0.5) is 0 Å². The van der Waals surface area contributed by atoms with Gasteiger partial charge in [0.1, 0.15) is 5.15 Å². The standard InChI is InChI=1S/C14H18ClNO2/c1-2-12-8-11(9-13(15)16-12)14(17)18-7-6-10-4-3-5-10/h8-10H,2-7H2,1H3. The quantitative estimate of drug-likeness (QED) is 0.604. The third kappa shape index (κ3) is 3.45. The van der Waals surface area contributed by atoms with Crippen LogP contribution in [0.25, 0.3) is 0 Å². The minimum Gasteiger partial charge on any atom is -0.462 e. The Balaban J connectivity index is 1.88. The molecule has 1 saturated carbocycles. The molecule has 0 saturated heterocycles. The third-order valence-corrected chi connectivity index (χ3v) is 3.62. The molecule has 98 valence electrons. The third-order valence-electron chi connectivity index (χ3n) is 3.43. The van der Waals surface area contributed by atoms with Crippen LogP contribution < -0.4 is 0 Å². The van der Waals surface area contributed by atoms with E-state index < -0.39 is 0 Å². The van der Waals surface area contributed by atoms with Gasteiger partial charge >= 0.3 is 5.97 Å². The van der Waals surface area contributed by atoms with E-state index in [1.54, 1.807) is 12.1 Å². The molecular formula is C14H18ClNO2. The number of aryl methyl sites for hydroxylation is 1. The fraction of sp³-hybridized carbons (Fsp3) is 0.571. The highest BCUT2D eigenvalue weighted by molar-refractivity contribution is 6.29. The summed E-state index contributed by atoms with van der Waals surface area (Å²) in [5, 5.41) is 0.347. The van der Waals surface area contributed by atoms with E-state index in [-0.39, 0.29) is 5.97 Å². The van der Waals surface area contributed by atoms with Crippen LogP contribution in [0.15, 0.2) is 12.1 Å². The van der Waals surface area contributed by atoms with E-state index in [0.717, 1.165) is 24.5 Å². The number of hydrogen-bond acceptors (Lipinski definition) is 3. The first-order valence-corrected chi connectivity index (χ1v) is 6.90. The van der Waals surface area contributed by atoms with Gasteiger partial charge in [-0.05, 0) is 30.9 Å². The normalized spacial score (nSPS) is 15.2. The van der Waals surface area contributed by atoms with Crippen LogP contribution in [0, 0.1) is 5.92 Å². The first-order valence-electron chi connectivity index (χ1n) is 6.52. The van der Waals surface area contributed by atoms with Crippen molar-refractivity contribution in [1.82, 2.24) is 4.98 Å². The molecule has 0 aromatic carbocycles. The van der Waals surface area contributed by atoms with E-state index in [1.165, 1.54) is 19.3 Å². The number of hydrogen-bond donors (Lipinski definition) is 0. The van der Waals surface area contributed by atoms with E-state index >= 15 is 0 Å². The average Bonchev–Trinajstić information content (AvgIpc) is 2.31. The number of halogens is 1. The molecule has 18 heavy (non-hydrogen) atoms. The lowest BCUT2D eigenvalue weighted by Crippen LogP contribution is -2.15. The summed E-state index contributed by atoms with van der Waals surface area (Å²) < 4.78 is 5.26. The van der Waals surface area contributed by atoms with Crippen LogP contribution in [0.5, 0.6) is 0 Å². The summed E-state index contributed by atoms with van der Waals surface area (Å²) in [6.07, 6.45) is 5.60. The number of rotatable bonds is 5. The Hall–Kier alpha value is -1.09. The summed E-state index contributed by atoms with van der Waals surface area (Å²) in [4.78, 5) is 16.0. The highest BCUT2D eigenvalue weighted by Crippen LogP contribution is 2.29. The first-order chi connectivity index (χ1) is 8.69. The summed E-state index contributed by atoms with van der Waals surface area (Å²) in [5.74, 6) is 0.457. The molecule has 1 aromatic heterocycles. The van der Waals surface area contributed by atoms with Gasteiger partial charge in [-0.3, -0.25) is 0 Å². The Kier molecular flexibility index (Phi) is 4.59. The molecule has 2 rings (SSSR count). The molecule has 0 unspecified atom stereocenters. The lowest BCUT2D eigenvalue weighted by atomic mass is 9.83. The van der Waals surface area contributed by atoms with Crippen molar-refractivity contribution in [2.45, 2.75) is 39.0 Å². The molecule has 0 radical (unpaired) electrons. The second kappa shape index (κ2) is 6.19. The topological polar surface area (TPSA) is 39.2 Å². The van der Waals surface area contributed by atoms with Crippen LogP contribution in [-0.2, 0) is 11.2 Å². The van der Waals surface area contributed by atoms with E-state index in [0.29, 0.717) is 17.3 Å². The van der Waals surface area contributed by atoms with Crippen molar-refractivity contribution in [2.75, 3.05) is 6.61 Å². The molecule has 1 heterocycles. The Morgan fingerprint density at radius 3 is 2.89 bits per heavy atom. The first kappa shape index (κ1) is 13.3. The van der Waals surface area contributed by atoms with Crippen molar-refractivity contribution in [3.8, 4) is 0 Å². The number of ether oxygens (including phenoxy) is 1. The van der Waals surface area contributed by atoms with Crippen molar-refractivity contribution < 1.29 is 9.53 Å². The van der Waals surface area contributed by atoms with E-state index in [1.807, 2.05) is 6.92 Å². The van der Waals surface area contributed by atoms with Crippen LogP contribution in [0.3, 0.4) is 0 Å². The van der Waals surface area contributed by atoms with Gasteiger partial charge < -0.3 is 4.74 Å². The van der Waals surface area contributed by atoms with Crippen LogP contribution >= 0.6 is 11.6 Å². The summed E-state index contributed by atoms with van der Waals surface area (Å²) in [7, 11) is 0. The van der Waals surface area contributed by atoms with Crippen molar-refractivity contribution >= 4 is 17.6 Å². The van der Waals surface area contributed by atoms with Crippen LogP contribution in [-0.4, -0.2) is 17.6 Å². The minimum absolute atomic E-state index is 0.298. The Morgan fingerprint density at radius 1 is 1.50 bits per heavy atom. The molecule has 1 fully saturated rings. The second-order valence-corrected chi connectivity index (χ2v) is 5.13. The SMILES string of the molecule is CCc1cc(C(=O)OCCC2CCC2)cc(Cl)n1. The Bertz CT molecular complexity index is 430. The van der Waals surface area contributed by atoms with Gasteiger partial charge in [0, 0.05) is 5.69 Å². The zero-order valence-electron chi connectivity index (χ0n) is 10.6. The predicted octanol–water partition coefficient (Wildman–Crippen LogP) is 3.64. The highest BCUT2D eigenvalue weighted by atomic mass is 35.5. The maximum atomic E-state index is 11.8. The van der Waals surface area contributed by atoms with Gasteiger partial charge in [0.15, 0.2) is 0 Å². The van der Waals surface area contributed by atoms with E-state index in [4.69, 9.17) is 16.3 Å². The monoisotopic (exact) mass is 267 g/mol. The largest absolute Gasteiger partial charge is 0.462 e. The van der Waals surface area contributed by atoms with Gasteiger partial charge in [-0.1, -0.05) is 37.8 Å². The fourth-order valence-electron chi connectivity index (χ4n) is 2.03. The average molecular weight is 268 g/mol. The number of carbonyl (C=O) groups is 1. The second-order valence-electron chi connectivity index (χ2n) is 4.74. The van der Waals surface area contributed by atoms with Gasteiger partial charge in [0.25, 0.3) is 0 Å². The molecule has 0 atom stereocenters. The van der Waals surface area contributed by atoms with Crippen molar-refractivity contribution in [2.24, 2.45) is 5.92 Å². The minimum atomic E-state index is -0.298. The Morgan fingerprint density at radius 2 is 2.28 bits per heavy atom. The zero-order chi connectivity index (χ0) is 13.0. The van der Waals surface area contributed by atoms with E-state index in [9.17, 15) is 4.79 Å². The van der Waals surface area contributed by atoms with Crippen LogP contribution in [0.1, 0.15) is 48.7 Å². The van der Waals surface area contributed by atoms with Crippen molar-refractivity contribution in [3.05, 3.63) is 28.5 Å². The van der Waals surface area contributed by atoms with E-state index in [2.05, 4.69) is 4.98 Å². The van der Waals surface area contributed by atoms with Gasteiger partial charge in [-0.15, -0.1) is 0 Å². The molecule has 1 aliphatic carbocycles. The molecule has 0 aliphatic heterocycles. The summed E-state index contributed by atoms with van der Waals surface area (Å²) in [6, 6.07) is 3.31. The molecule has 0 amide bonds. The fourth-order valence-corrected chi connectivity index (χ4v) is 2.26. The molecule has 0 N–H and O–H groups in total. The maximum absolute atomic E-state index is 11.8. The van der Waals surface area contributed by atoms with Gasteiger partial charge in [0.05, 0.1) is 12.2 Å². The molecule has 1 aromatic rings. The number of esters is 1. The number of carbonyl (C=O) groups excluding carboxylic acids is 1. The molecule has 3 nitrogen and oxygen atoms in total. The smallest absolute Gasteiger partial charge is 0.338 e. The van der Waals surface area contributed by atoms with Gasteiger partial charge in [-0.25, -0.2) is 9.78 Å². The summed E-state index contributed by atoms with van der Waals surface area (Å²) in [5.41, 5.74) is 1.31. The van der Waals surface area contributed by atoms with Gasteiger partial charge in [0.2, 0.25) is 0 Å².